The number of rotatable bonds is 0. The van der Waals surface area contributed by atoms with E-state index in [1.54, 1.807) is 17.6 Å². The van der Waals surface area contributed by atoms with E-state index >= 15 is 0 Å². The fourth-order valence-corrected chi connectivity index (χ4v) is 1.71. The minimum absolute atomic E-state index is 0.619. The quantitative estimate of drug-likeness (QED) is 0.486. The lowest BCUT2D eigenvalue weighted by Gasteiger charge is -2.08. The van der Waals surface area contributed by atoms with Crippen LogP contribution in [0.4, 0.5) is 0 Å². The molecule has 0 atom stereocenters. The summed E-state index contributed by atoms with van der Waals surface area (Å²) in [7, 11) is -0.619. The van der Waals surface area contributed by atoms with Crippen LogP contribution >= 0.6 is 11.3 Å². The van der Waals surface area contributed by atoms with E-state index in [1.165, 1.54) is 0 Å². The summed E-state index contributed by atoms with van der Waals surface area (Å²) in [6, 6.07) is 0. The summed E-state index contributed by atoms with van der Waals surface area (Å²) in [5, 5.41) is 19.4. The third-order valence-corrected chi connectivity index (χ3v) is 2.20. The van der Waals surface area contributed by atoms with Gasteiger partial charge in [0.25, 0.3) is 0 Å². The molecule has 0 bridgehead atoms. The van der Waals surface area contributed by atoms with Gasteiger partial charge in [-0.3, -0.25) is 0 Å². The van der Waals surface area contributed by atoms with Gasteiger partial charge in [0.15, 0.2) is 0 Å². The highest BCUT2D eigenvalue weighted by atomic mass is 32.1. The van der Waals surface area contributed by atoms with Crippen LogP contribution in [-0.4, -0.2) is 18.3 Å². The van der Waals surface area contributed by atoms with Crippen molar-refractivity contribution in [3.63, 3.8) is 0 Å². The number of hydrogen-bond acceptors (Lipinski definition) is 4. The van der Waals surface area contributed by atoms with Crippen molar-refractivity contribution in [1.82, 2.24) is 5.34 Å². The van der Waals surface area contributed by atoms with E-state index in [1.807, 2.05) is 10.8 Å². The van der Waals surface area contributed by atoms with Gasteiger partial charge in [0.05, 0.1) is 6.21 Å². The van der Waals surface area contributed by atoms with E-state index in [9.17, 15) is 5.02 Å². The van der Waals surface area contributed by atoms with Crippen molar-refractivity contribution in [3.05, 3.63) is 16.3 Å². The molecule has 0 spiro atoms. The first-order valence-corrected chi connectivity index (χ1v) is 3.85. The first-order chi connectivity index (χ1) is 4.88. The highest BCUT2D eigenvalue weighted by molar-refractivity contribution is 7.09. The van der Waals surface area contributed by atoms with Crippen molar-refractivity contribution >= 4 is 30.1 Å². The van der Waals surface area contributed by atoms with E-state index in [0.717, 1.165) is 11.0 Å². The SMILES string of the molecule is OB1NN=Cc2cscc21. The summed E-state index contributed by atoms with van der Waals surface area (Å²) in [5.41, 5.74) is 1.93. The molecule has 1 aliphatic rings. The highest BCUT2D eigenvalue weighted by Crippen LogP contribution is 2.03. The maximum absolute atomic E-state index is 9.23. The second-order valence-electron chi connectivity index (χ2n) is 2.07. The Hall–Kier alpha value is -0.805. The van der Waals surface area contributed by atoms with E-state index in [0.29, 0.717) is 0 Å². The molecule has 10 heavy (non-hydrogen) atoms. The third kappa shape index (κ3) is 0.749. The van der Waals surface area contributed by atoms with E-state index < -0.39 is 7.05 Å². The molecule has 1 aliphatic heterocycles. The number of nitrogens with zero attached hydrogens (tertiary/aromatic N) is 1. The maximum atomic E-state index is 9.23. The zero-order chi connectivity index (χ0) is 6.97. The van der Waals surface area contributed by atoms with Gasteiger partial charge in [-0.25, -0.2) is 0 Å². The van der Waals surface area contributed by atoms with Gasteiger partial charge >= 0.3 is 7.05 Å². The molecule has 1 aromatic rings. The third-order valence-electron chi connectivity index (χ3n) is 1.42. The van der Waals surface area contributed by atoms with Gasteiger partial charge in [0.1, 0.15) is 0 Å². The monoisotopic (exact) mass is 152 g/mol. The van der Waals surface area contributed by atoms with Gasteiger partial charge in [-0.1, -0.05) is 0 Å². The average molecular weight is 152 g/mol. The Morgan fingerprint density at radius 3 is 3.30 bits per heavy atom. The molecule has 3 nitrogen and oxygen atoms in total. The largest absolute Gasteiger partial charge is 0.464 e. The fourth-order valence-electron chi connectivity index (χ4n) is 0.891. The van der Waals surface area contributed by atoms with Crippen LogP contribution in [-0.2, 0) is 0 Å². The van der Waals surface area contributed by atoms with Crippen LogP contribution in [0.2, 0.25) is 0 Å². The Morgan fingerprint density at radius 2 is 2.50 bits per heavy atom. The molecule has 0 aliphatic carbocycles. The summed E-state index contributed by atoms with van der Waals surface area (Å²) >= 11 is 1.57. The number of hydrazone groups is 1. The predicted octanol–water partition coefficient (Wildman–Crippen LogP) is -0.627. The normalized spacial score (nSPS) is 14.7. The van der Waals surface area contributed by atoms with Crippen molar-refractivity contribution in [2.45, 2.75) is 0 Å². The van der Waals surface area contributed by atoms with Gasteiger partial charge < -0.3 is 10.4 Å². The lowest BCUT2D eigenvalue weighted by atomic mass is 9.74. The molecule has 5 heteroatoms. The van der Waals surface area contributed by atoms with Gasteiger partial charge in [0, 0.05) is 5.56 Å². The smallest absolute Gasteiger partial charge is 0.428 e. The first kappa shape index (κ1) is 5.94. The molecule has 0 aromatic carbocycles. The van der Waals surface area contributed by atoms with Crippen LogP contribution in [0.1, 0.15) is 5.56 Å². The summed E-state index contributed by atoms with van der Waals surface area (Å²) < 4.78 is 0. The molecule has 0 saturated heterocycles. The fraction of sp³-hybridized carbons (Fsp3) is 0. The summed E-state index contributed by atoms with van der Waals surface area (Å²) in [5.74, 6) is 0. The van der Waals surface area contributed by atoms with Gasteiger partial charge in [-0.2, -0.15) is 16.4 Å². The van der Waals surface area contributed by atoms with Gasteiger partial charge in [-0.05, 0) is 16.2 Å². The highest BCUT2D eigenvalue weighted by Gasteiger charge is 2.20. The van der Waals surface area contributed by atoms with Gasteiger partial charge in [-0.15, -0.1) is 0 Å². The van der Waals surface area contributed by atoms with Crippen LogP contribution in [0.15, 0.2) is 15.9 Å². The predicted molar refractivity (Wildman–Crippen MR) is 42.7 cm³/mol. The molecular formula is C5H5BN2OS. The molecule has 0 fully saturated rings. The molecule has 50 valence electrons. The number of nitrogens with one attached hydrogen (secondary N) is 1. The molecule has 2 rings (SSSR count). The molecule has 0 unspecified atom stereocenters. The Bertz CT molecular complexity index is 272. The lowest BCUT2D eigenvalue weighted by Crippen LogP contribution is -2.45. The van der Waals surface area contributed by atoms with Crippen molar-refractivity contribution < 1.29 is 5.02 Å². The van der Waals surface area contributed by atoms with E-state index in [-0.39, 0.29) is 0 Å². The first-order valence-electron chi connectivity index (χ1n) is 2.90. The van der Waals surface area contributed by atoms with Crippen LogP contribution in [0.3, 0.4) is 0 Å². The second kappa shape index (κ2) is 2.11. The topological polar surface area (TPSA) is 44.6 Å². The zero-order valence-corrected chi connectivity index (χ0v) is 5.93. The lowest BCUT2D eigenvalue weighted by molar-refractivity contribution is 0.565. The van der Waals surface area contributed by atoms with Crippen molar-refractivity contribution in [2.24, 2.45) is 5.10 Å². The molecule has 0 saturated carbocycles. The minimum atomic E-state index is -0.619. The molecule has 2 heterocycles. The van der Waals surface area contributed by atoms with Crippen LogP contribution in [0, 0.1) is 0 Å². The van der Waals surface area contributed by atoms with Crippen LogP contribution in [0.25, 0.3) is 0 Å². The van der Waals surface area contributed by atoms with Crippen LogP contribution in [0.5, 0.6) is 0 Å². The van der Waals surface area contributed by atoms with Crippen molar-refractivity contribution in [3.8, 4) is 0 Å². The maximum Gasteiger partial charge on any atom is 0.464 e. The average Bonchev–Trinajstić information content (AvgIpc) is 2.36. The Balaban J connectivity index is 2.52. The van der Waals surface area contributed by atoms with Crippen LogP contribution < -0.4 is 10.8 Å². The number of hydrogen-bond donors (Lipinski definition) is 2. The summed E-state index contributed by atoms with van der Waals surface area (Å²) in [6.07, 6.45) is 1.71. The summed E-state index contributed by atoms with van der Waals surface area (Å²) in [6.45, 7) is 0. The van der Waals surface area contributed by atoms with E-state index in [4.69, 9.17) is 0 Å². The zero-order valence-electron chi connectivity index (χ0n) is 5.11. The molecular weight excluding hydrogens is 147 g/mol. The Kier molecular flexibility index (Phi) is 1.25. The Morgan fingerprint density at radius 1 is 1.60 bits per heavy atom. The minimum Gasteiger partial charge on any atom is -0.428 e. The Labute approximate surface area is 62.5 Å². The van der Waals surface area contributed by atoms with Crippen molar-refractivity contribution in [2.75, 3.05) is 0 Å². The number of fused-ring (bicyclic) bond motifs is 1. The van der Waals surface area contributed by atoms with E-state index in [2.05, 4.69) is 10.4 Å². The number of thiophene rings is 1. The van der Waals surface area contributed by atoms with Gasteiger partial charge in [0.2, 0.25) is 0 Å². The standard InChI is InChI=1S/C5H5BN2OS/c9-6-5-3-10-2-4(5)1-7-8-6/h1-3,8-9H. The molecule has 0 radical (unpaired) electrons. The molecule has 2 N–H and O–H groups in total. The van der Waals surface area contributed by atoms with Crippen molar-refractivity contribution in [1.29, 1.82) is 0 Å². The second-order valence-corrected chi connectivity index (χ2v) is 2.82. The summed E-state index contributed by atoms with van der Waals surface area (Å²) in [4.78, 5) is 0. The molecule has 0 amide bonds. The molecule has 1 aromatic heterocycles.